The van der Waals surface area contributed by atoms with Gasteiger partial charge in [-0.3, -0.25) is 14.8 Å². The summed E-state index contributed by atoms with van der Waals surface area (Å²) in [6, 6.07) is 4.56. The number of nitrogens with two attached hydrogens (primary N) is 1. The van der Waals surface area contributed by atoms with Crippen LogP contribution in [0.5, 0.6) is 0 Å². The zero-order valence-electron chi connectivity index (χ0n) is 10.4. The standard InChI is InChI=1S/C11H14N6O2/c1-16-7-14-11(15-16)4-5-13-8-2-3-10(17(18)19)9(12)6-8/h2-3,6-7,13H,4-5,12H2,1H3. The van der Waals surface area contributed by atoms with Gasteiger partial charge in [-0.15, -0.1) is 0 Å². The fraction of sp³-hybridized carbons (Fsp3) is 0.273. The first-order chi connectivity index (χ1) is 9.06. The molecule has 1 aromatic carbocycles. The lowest BCUT2D eigenvalue weighted by molar-refractivity contribution is -0.383. The van der Waals surface area contributed by atoms with E-state index in [4.69, 9.17) is 5.73 Å². The fourth-order valence-electron chi connectivity index (χ4n) is 1.65. The van der Waals surface area contributed by atoms with Gasteiger partial charge >= 0.3 is 0 Å². The lowest BCUT2D eigenvalue weighted by Gasteiger charge is -2.05. The maximum absolute atomic E-state index is 10.6. The van der Waals surface area contributed by atoms with Gasteiger partial charge in [0.15, 0.2) is 5.82 Å². The molecule has 0 aliphatic rings. The molecule has 8 nitrogen and oxygen atoms in total. The van der Waals surface area contributed by atoms with E-state index in [1.165, 1.54) is 6.07 Å². The van der Waals surface area contributed by atoms with Gasteiger partial charge in [0, 0.05) is 31.8 Å². The summed E-state index contributed by atoms with van der Waals surface area (Å²) in [6.45, 7) is 0.626. The molecule has 2 rings (SSSR count). The molecule has 0 amide bonds. The Balaban J connectivity index is 1.93. The summed E-state index contributed by atoms with van der Waals surface area (Å²) in [7, 11) is 1.81. The number of hydrogen-bond donors (Lipinski definition) is 2. The lowest BCUT2D eigenvalue weighted by atomic mass is 10.2. The van der Waals surface area contributed by atoms with Crippen LogP contribution in [-0.2, 0) is 13.5 Å². The first kappa shape index (κ1) is 12.8. The van der Waals surface area contributed by atoms with Gasteiger partial charge < -0.3 is 11.1 Å². The van der Waals surface area contributed by atoms with Crippen molar-refractivity contribution in [1.82, 2.24) is 14.8 Å². The van der Waals surface area contributed by atoms with Crippen LogP contribution >= 0.6 is 0 Å². The van der Waals surface area contributed by atoms with Crippen LogP contribution in [0.15, 0.2) is 24.5 Å². The molecule has 0 aliphatic heterocycles. The number of nitrogens with one attached hydrogen (secondary N) is 1. The molecule has 1 aromatic heterocycles. The van der Waals surface area contributed by atoms with E-state index in [0.29, 0.717) is 13.0 Å². The van der Waals surface area contributed by atoms with Crippen molar-refractivity contribution in [1.29, 1.82) is 0 Å². The summed E-state index contributed by atoms with van der Waals surface area (Å²) in [6.07, 6.45) is 2.30. The minimum absolute atomic E-state index is 0.0862. The lowest BCUT2D eigenvalue weighted by Crippen LogP contribution is -2.07. The molecule has 2 aromatic rings. The van der Waals surface area contributed by atoms with E-state index in [-0.39, 0.29) is 11.4 Å². The second-order valence-corrected chi connectivity index (χ2v) is 4.04. The highest BCUT2D eigenvalue weighted by Gasteiger charge is 2.10. The van der Waals surface area contributed by atoms with Crippen LogP contribution in [0.1, 0.15) is 5.82 Å². The fourth-order valence-corrected chi connectivity index (χ4v) is 1.65. The van der Waals surface area contributed by atoms with Gasteiger partial charge in [0.2, 0.25) is 0 Å². The third-order valence-electron chi connectivity index (χ3n) is 2.55. The van der Waals surface area contributed by atoms with Crippen LogP contribution < -0.4 is 11.1 Å². The molecule has 0 aliphatic carbocycles. The van der Waals surface area contributed by atoms with Crippen molar-refractivity contribution in [2.45, 2.75) is 6.42 Å². The molecule has 0 saturated heterocycles. The molecular weight excluding hydrogens is 248 g/mol. The van der Waals surface area contributed by atoms with E-state index in [1.807, 2.05) is 0 Å². The molecule has 1 heterocycles. The highest BCUT2D eigenvalue weighted by Crippen LogP contribution is 2.24. The van der Waals surface area contributed by atoms with E-state index in [0.717, 1.165) is 11.5 Å². The highest BCUT2D eigenvalue weighted by molar-refractivity contribution is 5.65. The van der Waals surface area contributed by atoms with Gasteiger partial charge in [-0.25, -0.2) is 4.98 Å². The molecule has 8 heteroatoms. The molecule has 19 heavy (non-hydrogen) atoms. The van der Waals surface area contributed by atoms with Gasteiger partial charge in [-0.2, -0.15) is 5.10 Å². The molecule has 100 valence electrons. The minimum Gasteiger partial charge on any atom is -0.393 e. The molecule has 0 radical (unpaired) electrons. The summed E-state index contributed by atoms with van der Waals surface area (Å²) in [5, 5.41) is 17.9. The largest absolute Gasteiger partial charge is 0.393 e. The number of benzene rings is 1. The Morgan fingerprint density at radius 1 is 1.53 bits per heavy atom. The Hall–Kier alpha value is -2.64. The van der Waals surface area contributed by atoms with Crippen molar-refractivity contribution < 1.29 is 4.92 Å². The number of anilines is 2. The van der Waals surface area contributed by atoms with Crippen LogP contribution in [0.4, 0.5) is 17.1 Å². The summed E-state index contributed by atoms with van der Waals surface area (Å²) >= 11 is 0. The third-order valence-corrected chi connectivity index (χ3v) is 2.55. The Bertz CT molecular complexity index is 595. The van der Waals surface area contributed by atoms with Gasteiger partial charge in [0.05, 0.1) is 4.92 Å². The maximum Gasteiger partial charge on any atom is 0.292 e. The zero-order chi connectivity index (χ0) is 13.8. The van der Waals surface area contributed by atoms with E-state index < -0.39 is 4.92 Å². The van der Waals surface area contributed by atoms with Gasteiger partial charge in [-0.1, -0.05) is 0 Å². The molecule has 0 atom stereocenters. The quantitative estimate of drug-likeness (QED) is 0.471. The average molecular weight is 262 g/mol. The van der Waals surface area contributed by atoms with Crippen molar-refractivity contribution in [3.63, 3.8) is 0 Å². The monoisotopic (exact) mass is 262 g/mol. The number of nitrogens with zero attached hydrogens (tertiary/aromatic N) is 4. The Labute approximate surface area is 109 Å². The van der Waals surface area contributed by atoms with Crippen LogP contribution in [0, 0.1) is 10.1 Å². The van der Waals surface area contributed by atoms with Gasteiger partial charge in [0.25, 0.3) is 5.69 Å². The molecule has 0 unspecified atom stereocenters. The first-order valence-corrected chi connectivity index (χ1v) is 5.68. The van der Waals surface area contributed by atoms with Crippen molar-refractivity contribution >= 4 is 17.1 Å². The van der Waals surface area contributed by atoms with E-state index in [2.05, 4.69) is 15.4 Å². The minimum atomic E-state index is -0.503. The van der Waals surface area contributed by atoms with Crippen LogP contribution in [-0.4, -0.2) is 26.2 Å². The summed E-state index contributed by atoms with van der Waals surface area (Å²) in [5.41, 5.74) is 6.39. The van der Waals surface area contributed by atoms with Crippen LogP contribution in [0.2, 0.25) is 0 Å². The van der Waals surface area contributed by atoms with Gasteiger partial charge in [0.1, 0.15) is 12.0 Å². The summed E-state index contributed by atoms with van der Waals surface area (Å²) in [5.74, 6) is 0.741. The molecule has 3 N–H and O–H groups in total. The number of aromatic nitrogens is 3. The maximum atomic E-state index is 10.6. The number of nitro groups is 1. The van der Waals surface area contributed by atoms with Crippen molar-refractivity contribution in [2.75, 3.05) is 17.6 Å². The topological polar surface area (TPSA) is 112 Å². The van der Waals surface area contributed by atoms with Crippen LogP contribution in [0.3, 0.4) is 0 Å². The summed E-state index contributed by atoms with van der Waals surface area (Å²) < 4.78 is 1.64. The second kappa shape index (κ2) is 5.34. The number of aryl methyl sites for hydroxylation is 1. The Kier molecular flexibility index (Phi) is 3.60. The molecule has 0 fully saturated rings. The average Bonchev–Trinajstić information content (AvgIpc) is 2.75. The molecule has 0 bridgehead atoms. The van der Waals surface area contributed by atoms with Crippen molar-refractivity contribution in [2.24, 2.45) is 7.05 Å². The molecule has 0 saturated carbocycles. The predicted octanol–water partition coefficient (Wildman–Crippen LogP) is 0.960. The third kappa shape index (κ3) is 3.18. The number of rotatable bonds is 5. The summed E-state index contributed by atoms with van der Waals surface area (Å²) in [4.78, 5) is 14.2. The number of nitrogen functional groups attached to an aromatic ring is 1. The smallest absolute Gasteiger partial charge is 0.292 e. The van der Waals surface area contributed by atoms with E-state index >= 15 is 0 Å². The molecular formula is C11H14N6O2. The van der Waals surface area contributed by atoms with Crippen molar-refractivity contribution in [3.05, 3.63) is 40.5 Å². The predicted molar refractivity (Wildman–Crippen MR) is 70.7 cm³/mol. The SMILES string of the molecule is Cn1cnc(CCNc2ccc([N+](=O)[O-])c(N)c2)n1. The first-order valence-electron chi connectivity index (χ1n) is 5.68. The zero-order valence-corrected chi connectivity index (χ0v) is 10.4. The van der Waals surface area contributed by atoms with Crippen LogP contribution in [0.25, 0.3) is 0 Å². The van der Waals surface area contributed by atoms with Crippen molar-refractivity contribution in [3.8, 4) is 0 Å². The van der Waals surface area contributed by atoms with Gasteiger partial charge in [-0.05, 0) is 12.1 Å². The normalized spacial score (nSPS) is 10.4. The molecule has 0 spiro atoms. The van der Waals surface area contributed by atoms with E-state index in [9.17, 15) is 10.1 Å². The number of hydrogen-bond acceptors (Lipinski definition) is 6. The number of nitro benzene ring substituents is 1. The Morgan fingerprint density at radius 3 is 2.89 bits per heavy atom. The highest BCUT2D eigenvalue weighted by atomic mass is 16.6. The second-order valence-electron chi connectivity index (χ2n) is 4.04. The van der Waals surface area contributed by atoms with E-state index in [1.54, 1.807) is 30.2 Å². The Morgan fingerprint density at radius 2 is 2.32 bits per heavy atom.